The monoisotopic (exact) mass is 760 g/mol. The lowest BCUT2D eigenvalue weighted by atomic mass is 10.1. The lowest BCUT2D eigenvalue weighted by molar-refractivity contribution is -0.0662. The molecule has 2 aromatic heterocycles. The molecule has 3 aliphatic heterocycles. The molecule has 0 spiro atoms. The van der Waals surface area contributed by atoms with Gasteiger partial charge in [-0.1, -0.05) is 46.4 Å². The topological polar surface area (TPSA) is 206 Å². The van der Waals surface area contributed by atoms with Crippen molar-refractivity contribution in [1.82, 2.24) is 19.1 Å². The first-order chi connectivity index (χ1) is 21.7. The zero-order valence-corrected chi connectivity index (χ0v) is 27.6. The molecule has 3 aliphatic rings. The Bertz CT molecular complexity index is 1790. The van der Waals surface area contributed by atoms with Crippen LogP contribution in [0.3, 0.4) is 0 Å². The van der Waals surface area contributed by atoms with Gasteiger partial charge in [-0.15, -0.1) is 0 Å². The predicted octanol–water partition coefficient (Wildman–Crippen LogP) is 4.23. The highest BCUT2D eigenvalue weighted by atomic mass is 35.5. The van der Waals surface area contributed by atoms with E-state index in [1.807, 2.05) is 0 Å². The number of nitrogens with zero attached hydrogens (tertiary/aromatic N) is 4. The van der Waals surface area contributed by atoms with Gasteiger partial charge in [0.1, 0.15) is 36.6 Å². The molecule has 4 aromatic rings. The minimum atomic E-state index is -5.00. The normalized spacial score (nSPS) is 37.2. The molecule has 5 heterocycles. The third-order valence-corrected chi connectivity index (χ3v) is 11.1. The van der Waals surface area contributed by atoms with Gasteiger partial charge in [0.15, 0.2) is 12.5 Å². The van der Waals surface area contributed by atoms with Crippen molar-refractivity contribution in [2.45, 2.75) is 49.1 Å². The predicted molar refractivity (Wildman–Crippen MR) is 161 cm³/mol. The highest BCUT2D eigenvalue weighted by Crippen LogP contribution is 2.54. The van der Waals surface area contributed by atoms with Crippen LogP contribution in [0.25, 0.3) is 22.1 Å². The second-order valence-electron chi connectivity index (χ2n) is 10.6. The molecule has 248 valence electrons. The fraction of sp³-hybridized carbons (Fsp3) is 0.417. The van der Waals surface area contributed by atoms with Crippen molar-refractivity contribution in [3.63, 3.8) is 0 Å². The van der Waals surface area contributed by atoms with E-state index in [0.717, 1.165) is 0 Å². The standard InChI is InChI=1S/C24H22Cl4N4O12P2/c25-9-1-13-15(3-11(9)27)31(7-29-13)23-19(33)21-17(41-23)5-39-46(37,38)44-22-18(6-40-45(35,36)43-21)42-24(20(22)34)32-8-30-14-2-10(26)12(28)4-16(14)32/h1-4,7-8,17-24,33-34H,5-6H2,(H,35,36)(H,37,38)/t17-,18-,19+,20?,21?,22+,23-,24-/m1/s1. The van der Waals surface area contributed by atoms with Gasteiger partial charge in [0.25, 0.3) is 0 Å². The van der Waals surface area contributed by atoms with Crippen molar-refractivity contribution < 1.29 is 56.7 Å². The zero-order chi connectivity index (χ0) is 32.7. The van der Waals surface area contributed by atoms with Gasteiger partial charge in [-0.25, -0.2) is 19.1 Å². The molecular formula is C24H22Cl4N4O12P2. The number of benzene rings is 2. The molecule has 0 aliphatic carbocycles. The maximum Gasteiger partial charge on any atom is 0.472 e. The van der Waals surface area contributed by atoms with E-state index in [1.54, 1.807) is 0 Å². The van der Waals surface area contributed by atoms with Crippen LogP contribution in [0.2, 0.25) is 20.1 Å². The summed E-state index contributed by atoms with van der Waals surface area (Å²) in [7, 11) is -10.0. The van der Waals surface area contributed by atoms with Crippen molar-refractivity contribution in [2.24, 2.45) is 0 Å². The van der Waals surface area contributed by atoms with Gasteiger partial charge in [0, 0.05) is 0 Å². The van der Waals surface area contributed by atoms with Gasteiger partial charge in [-0.05, 0) is 24.3 Å². The Morgan fingerprint density at radius 2 is 1.04 bits per heavy atom. The molecule has 3 saturated heterocycles. The fourth-order valence-corrected chi connectivity index (χ4v) is 8.14. The van der Waals surface area contributed by atoms with Crippen molar-refractivity contribution in [3.05, 3.63) is 57.0 Å². The van der Waals surface area contributed by atoms with E-state index in [0.29, 0.717) is 22.1 Å². The maximum atomic E-state index is 13.1. The van der Waals surface area contributed by atoms with Crippen LogP contribution in [0.1, 0.15) is 12.5 Å². The van der Waals surface area contributed by atoms with Gasteiger partial charge in [0.2, 0.25) is 0 Å². The summed E-state index contributed by atoms with van der Waals surface area (Å²) < 4.78 is 61.9. The summed E-state index contributed by atoms with van der Waals surface area (Å²) in [6.07, 6.45) is -9.29. The number of phosphoric ester groups is 2. The third-order valence-electron chi connectivity index (χ3n) is 7.71. The van der Waals surface area contributed by atoms with Crippen LogP contribution in [-0.2, 0) is 36.7 Å². The van der Waals surface area contributed by atoms with E-state index in [1.165, 1.54) is 46.1 Å². The number of fused-ring (bicyclic) bond motifs is 4. The minimum absolute atomic E-state index is 0.188. The lowest BCUT2D eigenvalue weighted by Crippen LogP contribution is -2.39. The van der Waals surface area contributed by atoms with Gasteiger partial charge in [0.05, 0.1) is 68.0 Å². The summed E-state index contributed by atoms with van der Waals surface area (Å²) in [5.74, 6) is 0. The quantitative estimate of drug-likeness (QED) is 0.211. The van der Waals surface area contributed by atoms with E-state index in [-0.39, 0.29) is 20.1 Å². The summed E-state index contributed by atoms with van der Waals surface area (Å²) in [6, 6.07) is 5.95. The molecule has 16 nitrogen and oxygen atoms in total. The number of rotatable bonds is 2. The van der Waals surface area contributed by atoms with E-state index in [4.69, 9.17) is 74.0 Å². The number of hydrogen-bond acceptors (Lipinski definition) is 12. The zero-order valence-electron chi connectivity index (χ0n) is 22.7. The highest BCUT2D eigenvalue weighted by Gasteiger charge is 2.53. The minimum Gasteiger partial charge on any atom is -0.386 e. The molecule has 2 aromatic carbocycles. The van der Waals surface area contributed by atoms with Crippen LogP contribution in [0.5, 0.6) is 0 Å². The van der Waals surface area contributed by atoms with Gasteiger partial charge in [-0.3, -0.25) is 18.1 Å². The first kappa shape index (κ1) is 33.1. The molecule has 7 rings (SSSR count). The summed E-state index contributed by atoms with van der Waals surface area (Å²) in [6.45, 7) is -1.54. The number of aromatic nitrogens is 4. The molecular weight excluding hydrogens is 740 g/mol. The molecule has 0 amide bonds. The average molecular weight is 762 g/mol. The van der Waals surface area contributed by atoms with Gasteiger partial charge < -0.3 is 38.6 Å². The average Bonchev–Trinajstić information content (AvgIpc) is 3.72. The molecule has 3 fully saturated rings. The van der Waals surface area contributed by atoms with Crippen molar-refractivity contribution in [3.8, 4) is 0 Å². The van der Waals surface area contributed by atoms with E-state index in [2.05, 4.69) is 9.97 Å². The Labute approximate surface area is 278 Å². The van der Waals surface area contributed by atoms with Crippen LogP contribution in [0, 0.1) is 0 Å². The Morgan fingerprint density at radius 3 is 1.43 bits per heavy atom. The Morgan fingerprint density at radius 1 is 0.674 bits per heavy atom. The summed E-state index contributed by atoms with van der Waals surface area (Å²) in [5.41, 5.74) is 1.58. The molecule has 46 heavy (non-hydrogen) atoms. The molecule has 0 bridgehead atoms. The van der Waals surface area contributed by atoms with E-state index < -0.39 is 77.9 Å². The number of ether oxygens (including phenoxy) is 2. The van der Waals surface area contributed by atoms with Crippen LogP contribution in [0.4, 0.5) is 0 Å². The van der Waals surface area contributed by atoms with Crippen molar-refractivity contribution in [2.75, 3.05) is 13.2 Å². The second kappa shape index (κ2) is 12.2. The molecule has 4 N–H and O–H groups in total. The number of aliphatic hydroxyl groups is 2. The van der Waals surface area contributed by atoms with Crippen molar-refractivity contribution in [1.29, 1.82) is 0 Å². The number of hydrogen-bond donors (Lipinski definition) is 4. The fourth-order valence-electron chi connectivity index (χ4n) is 5.58. The Kier molecular flexibility index (Phi) is 8.77. The summed E-state index contributed by atoms with van der Waals surface area (Å²) in [5, 5.41) is 23.3. The molecule has 4 unspecified atom stereocenters. The van der Waals surface area contributed by atoms with Crippen LogP contribution >= 0.6 is 62.0 Å². The number of imidazole rings is 2. The number of aliphatic hydroxyl groups excluding tert-OH is 2. The summed E-state index contributed by atoms with van der Waals surface area (Å²) in [4.78, 5) is 29.8. The molecule has 0 saturated carbocycles. The van der Waals surface area contributed by atoms with E-state index in [9.17, 15) is 29.1 Å². The van der Waals surface area contributed by atoms with Crippen LogP contribution in [-0.4, -0.2) is 88.9 Å². The first-order valence-corrected chi connectivity index (χ1v) is 17.8. The van der Waals surface area contributed by atoms with Gasteiger partial charge >= 0.3 is 15.6 Å². The SMILES string of the molecule is O=P1(O)OC[C@H]2O[C@@H](n3cnc4cc(Cl)c(Cl)cc43)C(O)[C@H]2OP(=O)(O)OC[C@H]2O[C@@H](n3cnc4cc(Cl)c(Cl)cc43)[C@@H](O)C2O1. The second-order valence-corrected chi connectivity index (χ2v) is 15.0. The van der Waals surface area contributed by atoms with Crippen LogP contribution < -0.4 is 0 Å². The maximum absolute atomic E-state index is 13.1. The highest BCUT2D eigenvalue weighted by molar-refractivity contribution is 7.47. The van der Waals surface area contributed by atoms with E-state index >= 15 is 0 Å². The Hall–Kier alpha value is -1.40. The summed E-state index contributed by atoms with van der Waals surface area (Å²) >= 11 is 24.5. The van der Waals surface area contributed by atoms with Crippen LogP contribution in [0.15, 0.2) is 36.9 Å². The lowest BCUT2D eigenvalue weighted by Gasteiger charge is -2.27. The van der Waals surface area contributed by atoms with Crippen molar-refractivity contribution >= 4 is 84.1 Å². The third kappa shape index (κ3) is 6.03. The molecule has 10 atom stereocenters. The van der Waals surface area contributed by atoms with Gasteiger partial charge in [-0.2, -0.15) is 0 Å². The number of halogens is 4. The largest absolute Gasteiger partial charge is 0.472 e. The smallest absolute Gasteiger partial charge is 0.386 e. The molecule has 22 heteroatoms. The number of phosphoric acid groups is 2. The molecule has 0 radical (unpaired) electrons. The Balaban J connectivity index is 1.16. The first-order valence-electron chi connectivity index (χ1n) is 13.3.